The fraction of sp³-hybridized carbons (Fsp3) is 0.0476. The zero-order valence-electron chi connectivity index (χ0n) is 14.9. The number of nitrogens with two attached hydrogens (primary N) is 2. The number of carbonyl (C=O) groups is 1. The van der Waals surface area contributed by atoms with Crippen LogP contribution in [-0.4, -0.2) is 15.8 Å². The van der Waals surface area contributed by atoms with Gasteiger partial charge in [0.15, 0.2) is 5.78 Å². The minimum Gasteiger partial charge on any atom is -0.399 e. The highest BCUT2D eigenvalue weighted by Gasteiger charge is 2.30. The van der Waals surface area contributed by atoms with Crippen molar-refractivity contribution in [2.75, 3.05) is 11.5 Å². The van der Waals surface area contributed by atoms with Gasteiger partial charge in [-0.2, -0.15) is 13.2 Å². The van der Waals surface area contributed by atoms with E-state index in [-0.39, 0.29) is 28.4 Å². The van der Waals surface area contributed by atoms with Gasteiger partial charge < -0.3 is 16.5 Å². The Balaban J connectivity index is 1.77. The summed E-state index contributed by atoms with van der Waals surface area (Å²) in [6.45, 7) is 0. The Morgan fingerprint density at radius 3 is 2.38 bits per heavy atom. The van der Waals surface area contributed by atoms with E-state index in [0.717, 1.165) is 12.1 Å². The number of nitrogens with zero attached hydrogens (tertiary/aromatic N) is 1. The Labute approximate surface area is 163 Å². The number of imidazole rings is 1. The normalized spacial score (nSPS) is 11.7. The first-order chi connectivity index (χ1) is 13.7. The number of carbonyl (C=O) groups excluding carboxylic acids is 1. The lowest BCUT2D eigenvalue weighted by atomic mass is 10.0. The third-order valence-electron chi connectivity index (χ3n) is 4.57. The van der Waals surface area contributed by atoms with Crippen LogP contribution in [0.4, 0.5) is 24.5 Å². The summed E-state index contributed by atoms with van der Waals surface area (Å²) in [5.74, 6) is -0.0668. The number of halogens is 3. The molecule has 29 heavy (non-hydrogen) atoms. The van der Waals surface area contributed by atoms with Gasteiger partial charge in [0.1, 0.15) is 11.3 Å². The second-order valence-electron chi connectivity index (χ2n) is 6.54. The molecule has 1 aromatic heterocycles. The molecule has 0 aliphatic rings. The summed E-state index contributed by atoms with van der Waals surface area (Å²) in [7, 11) is 0. The molecular formula is C21H15F3N4O. The first kappa shape index (κ1) is 18.5. The molecule has 5 N–H and O–H groups in total. The predicted octanol–water partition coefficient (Wildman–Crippen LogP) is 4.64. The van der Waals surface area contributed by atoms with Crippen molar-refractivity contribution in [1.29, 1.82) is 0 Å². The molecule has 0 amide bonds. The van der Waals surface area contributed by atoms with E-state index in [1.807, 2.05) is 0 Å². The summed E-state index contributed by atoms with van der Waals surface area (Å²) < 4.78 is 39.0. The Morgan fingerprint density at radius 2 is 1.69 bits per heavy atom. The van der Waals surface area contributed by atoms with Crippen molar-refractivity contribution >= 4 is 28.2 Å². The number of rotatable bonds is 3. The van der Waals surface area contributed by atoms with Crippen molar-refractivity contribution in [1.82, 2.24) is 9.97 Å². The number of fused-ring (bicyclic) bond motifs is 1. The molecule has 146 valence electrons. The Morgan fingerprint density at radius 1 is 0.966 bits per heavy atom. The van der Waals surface area contributed by atoms with Crippen LogP contribution >= 0.6 is 0 Å². The average Bonchev–Trinajstić information content (AvgIpc) is 3.13. The van der Waals surface area contributed by atoms with Crippen molar-refractivity contribution < 1.29 is 18.0 Å². The second-order valence-corrected chi connectivity index (χ2v) is 6.54. The molecule has 0 saturated carbocycles. The maximum Gasteiger partial charge on any atom is 0.416 e. The van der Waals surface area contributed by atoms with Crippen molar-refractivity contribution in [2.45, 2.75) is 6.18 Å². The van der Waals surface area contributed by atoms with E-state index in [0.29, 0.717) is 22.3 Å². The van der Waals surface area contributed by atoms with E-state index in [1.54, 1.807) is 36.4 Å². The predicted molar refractivity (Wildman–Crippen MR) is 105 cm³/mol. The number of ketones is 1. The lowest BCUT2D eigenvalue weighted by Gasteiger charge is -2.07. The number of alkyl halides is 3. The maximum atomic E-state index is 13.0. The number of anilines is 2. The fourth-order valence-electron chi connectivity index (χ4n) is 3.06. The van der Waals surface area contributed by atoms with Crippen LogP contribution in [0.2, 0.25) is 0 Å². The molecule has 0 aliphatic heterocycles. The smallest absolute Gasteiger partial charge is 0.399 e. The summed E-state index contributed by atoms with van der Waals surface area (Å²) in [6, 6.07) is 14.4. The summed E-state index contributed by atoms with van der Waals surface area (Å²) >= 11 is 0. The van der Waals surface area contributed by atoms with E-state index in [9.17, 15) is 18.0 Å². The molecule has 8 heteroatoms. The molecule has 0 unspecified atom stereocenters. The summed E-state index contributed by atoms with van der Waals surface area (Å²) in [5.41, 5.74) is 13.5. The number of aromatic amines is 1. The minimum absolute atomic E-state index is 0.152. The molecule has 0 atom stereocenters. The molecule has 5 nitrogen and oxygen atoms in total. The molecular weight excluding hydrogens is 381 g/mol. The summed E-state index contributed by atoms with van der Waals surface area (Å²) in [4.78, 5) is 20.1. The Hall–Kier alpha value is -3.81. The van der Waals surface area contributed by atoms with Crippen LogP contribution in [0, 0.1) is 0 Å². The van der Waals surface area contributed by atoms with Gasteiger partial charge in [0, 0.05) is 22.4 Å². The van der Waals surface area contributed by atoms with Crippen LogP contribution in [0.15, 0.2) is 60.7 Å². The molecule has 0 radical (unpaired) electrons. The van der Waals surface area contributed by atoms with Crippen molar-refractivity contribution in [3.05, 3.63) is 77.4 Å². The SMILES string of the molecule is Nc1ccc(C(=O)c2ccc3[nH]c(-c4cccc(C(F)(F)F)c4)nc3c2N)cc1. The quantitative estimate of drug-likeness (QED) is 0.347. The van der Waals surface area contributed by atoms with E-state index >= 15 is 0 Å². The van der Waals surface area contributed by atoms with Crippen molar-refractivity contribution in [3.63, 3.8) is 0 Å². The molecule has 0 spiro atoms. The van der Waals surface area contributed by atoms with Crippen molar-refractivity contribution in [2.24, 2.45) is 0 Å². The van der Waals surface area contributed by atoms with Crippen LogP contribution in [0.3, 0.4) is 0 Å². The monoisotopic (exact) mass is 396 g/mol. The number of benzene rings is 3. The van der Waals surface area contributed by atoms with Crippen LogP contribution in [0.1, 0.15) is 21.5 Å². The Bertz CT molecular complexity index is 1230. The molecule has 0 bridgehead atoms. The standard InChI is InChI=1S/C21H15F3N4O/c22-21(23,24)13-3-1-2-12(10-13)20-27-16-9-8-15(17(26)18(16)28-20)19(29)11-4-6-14(25)7-5-11/h1-10H,25-26H2,(H,27,28). The second kappa shape index (κ2) is 6.66. The van der Waals surface area contributed by atoms with Gasteiger partial charge in [0.05, 0.1) is 16.8 Å². The lowest BCUT2D eigenvalue weighted by molar-refractivity contribution is -0.137. The zero-order chi connectivity index (χ0) is 20.8. The molecule has 0 aliphatic carbocycles. The van der Waals surface area contributed by atoms with Gasteiger partial charge in [-0.05, 0) is 48.5 Å². The topological polar surface area (TPSA) is 97.8 Å². The lowest BCUT2D eigenvalue weighted by Crippen LogP contribution is -2.06. The highest BCUT2D eigenvalue weighted by Crippen LogP contribution is 2.33. The van der Waals surface area contributed by atoms with E-state index in [2.05, 4.69) is 9.97 Å². The average molecular weight is 396 g/mol. The first-order valence-electron chi connectivity index (χ1n) is 8.60. The zero-order valence-corrected chi connectivity index (χ0v) is 14.9. The van der Waals surface area contributed by atoms with Crippen LogP contribution in [0.25, 0.3) is 22.4 Å². The largest absolute Gasteiger partial charge is 0.416 e. The summed E-state index contributed by atoms with van der Waals surface area (Å²) in [6.07, 6.45) is -4.46. The molecule has 1 heterocycles. The number of aromatic nitrogens is 2. The van der Waals surface area contributed by atoms with E-state index < -0.39 is 11.7 Å². The highest BCUT2D eigenvalue weighted by atomic mass is 19.4. The Kier molecular flexibility index (Phi) is 4.26. The highest BCUT2D eigenvalue weighted by molar-refractivity contribution is 6.15. The number of nitrogen functional groups attached to an aromatic ring is 2. The molecule has 3 aromatic carbocycles. The molecule has 0 fully saturated rings. The first-order valence-corrected chi connectivity index (χ1v) is 8.60. The fourth-order valence-corrected chi connectivity index (χ4v) is 3.06. The summed E-state index contributed by atoms with van der Waals surface area (Å²) in [5, 5.41) is 0. The third kappa shape index (κ3) is 3.40. The van der Waals surface area contributed by atoms with Gasteiger partial charge in [-0.25, -0.2) is 4.98 Å². The number of hydrogen-bond acceptors (Lipinski definition) is 4. The number of nitrogens with one attached hydrogen (secondary N) is 1. The minimum atomic E-state index is -4.46. The molecule has 0 saturated heterocycles. The molecule has 4 rings (SSSR count). The van der Waals surface area contributed by atoms with Gasteiger partial charge in [-0.1, -0.05) is 12.1 Å². The maximum absolute atomic E-state index is 13.0. The van der Waals surface area contributed by atoms with Crippen LogP contribution in [0.5, 0.6) is 0 Å². The molecule has 4 aromatic rings. The van der Waals surface area contributed by atoms with Crippen LogP contribution < -0.4 is 11.5 Å². The van der Waals surface area contributed by atoms with Gasteiger partial charge in [0.25, 0.3) is 0 Å². The van der Waals surface area contributed by atoms with E-state index in [1.165, 1.54) is 12.1 Å². The van der Waals surface area contributed by atoms with Gasteiger partial charge in [-0.15, -0.1) is 0 Å². The van der Waals surface area contributed by atoms with Crippen LogP contribution in [-0.2, 0) is 6.18 Å². The third-order valence-corrected chi connectivity index (χ3v) is 4.57. The van der Waals surface area contributed by atoms with Crippen molar-refractivity contribution in [3.8, 4) is 11.4 Å². The van der Waals surface area contributed by atoms with E-state index in [4.69, 9.17) is 11.5 Å². The number of H-pyrrole nitrogens is 1. The number of hydrogen-bond donors (Lipinski definition) is 3. The van der Waals surface area contributed by atoms with Gasteiger partial charge in [-0.3, -0.25) is 4.79 Å². The van der Waals surface area contributed by atoms with Gasteiger partial charge in [0.2, 0.25) is 0 Å². The van der Waals surface area contributed by atoms with Gasteiger partial charge >= 0.3 is 6.18 Å².